The van der Waals surface area contributed by atoms with Crippen molar-refractivity contribution in [1.29, 1.82) is 0 Å². The summed E-state index contributed by atoms with van der Waals surface area (Å²) in [6.45, 7) is 0. The zero-order valence-electron chi connectivity index (χ0n) is 6.41. The van der Waals surface area contributed by atoms with Gasteiger partial charge in [-0.25, -0.2) is 0 Å². The standard InChI is InChI=1S/H18Si8/c1-4-6-7-8(3)5-2/h8H,4-7H2,1-3H3. The van der Waals surface area contributed by atoms with Crippen LogP contribution in [0.25, 0.3) is 0 Å². The average molecular weight is 243 g/mol. The lowest BCUT2D eigenvalue weighted by Crippen LogP contribution is -2.37. The van der Waals surface area contributed by atoms with Crippen LogP contribution in [-0.2, 0) is 0 Å². The van der Waals surface area contributed by atoms with Gasteiger partial charge in [0.25, 0.3) is 0 Å². The van der Waals surface area contributed by atoms with Gasteiger partial charge in [-0.3, -0.25) is 0 Å². The number of hydrogen-bond acceptors (Lipinski definition) is 0. The van der Waals surface area contributed by atoms with Crippen LogP contribution in [-0.4, -0.2) is 70.8 Å². The maximum atomic E-state index is 1.77. The van der Waals surface area contributed by atoms with Crippen molar-refractivity contribution in [2.24, 2.45) is 0 Å². The molecule has 0 bridgehead atoms. The van der Waals surface area contributed by atoms with Crippen molar-refractivity contribution in [2.75, 3.05) is 0 Å². The van der Waals surface area contributed by atoms with Gasteiger partial charge in [-0.1, -0.05) is 0 Å². The van der Waals surface area contributed by atoms with Gasteiger partial charge < -0.3 is 0 Å². The smallest absolute Gasteiger partial charge is 0.00752 e. The van der Waals surface area contributed by atoms with E-state index in [1.807, 2.05) is 0 Å². The van der Waals surface area contributed by atoms with Crippen LogP contribution in [0.2, 0.25) is 0 Å². The van der Waals surface area contributed by atoms with E-state index in [1.54, 1.807) is 29.3 Å². The van der Waals surface area contributed by atoms with E-state index in [-0.39, 0.29) is 0 Å². The van der Waals surface area contributed by atoms with Crippen molar-refractivity contribution in [3.63, 3.8) is 0 Å². The normalized spacial score (nSPS) is 21.0. The van der Waals surface area contributed by atoms with Crippen LogP contribution < -0.4 is 0 Å². The number of hydrogen-bond donors (Lipinski definition) is 0. The fraction of sp³-hybridized carbons (Fsp3) is 0. The quantitative estimate of drug-likeness (QED) is 0.430. The first-order valence-corrected chi connectivity index (χ1v) is 34.3. The zero-order chi connectivity index (χ0) is 6.41. The second-order valence-corrected chi connectivity index (χ2v) is 71.7. The Morgan fingerprint density at radius 2 is 1.88 bits per heavy atom. The molecule has 0 aromatic heterocycles. The third-order valence-electron chi connectivity index (χ3n) is 1.75. The monoisotopic (exact) mass is 242 g/mol. The lowest BCUT2D eigenvalue weighted by Gasteiger charge is -2.00. The van der Waals surface area contributed by atoms with Crippen LogP contribution >= 0.6 is 0 Å². The molecule has 0 amide bonds. The Labute approximate surface area is 70.7 Å². The largest absolute Gasteiger partial charge is 0.0120 e. The molecule has 0 fully saturated rings. The minimum atomic E-state index is 0.398. The van der Waals surface area contributed by atoms with Crippen LogP contribution in [0, 0.1) is 0 Å². The molecular weight excluding hydrogens is 225 g/mol. The van der Waals surface area contributed by atoms with Crippen LogP contribution in [0.4, 0.5) is 0 Å². The Bertz CT molecular complexity index is 39.3. The molecule has 1 unspecified atom stereocenters. The van der Waals surface area contributed by atoms with Crippen LogP contribution in [0.3, 0.4) is 0 Å². The molecule has 8 heteroatoms. The van der Waals surface area contributed by atoms with Crippen molar-refractivity contribution >= 4 is 70.8 Å². The van der Waals surface area contributed by atoms with Gasteiger partial charge in [0.1, 0.15) is 0 Å². The van der Waals surface area contributed by atoms with Gasteiger partial charge in [0.05, 0.1) is 0 Å². The molecule has 0 nitrogen and oxygen atoms in total. The second kappa shape index (κ2) is 6.85. The second-order valence-electron chi connectivity index (χ2n) is 2.66. The van der Waals surface area contributed by atoms with Crippen molar-refractivity contribution in [1.82, 2.24) is 0 Å². The highest BCUT2D eigenvalue weighted by molar-refractivity contribution is 7.75. The van der Waals surface area contributed by atoms with E-state index in [2.05, 4.69) is 0 Å². The fourth-order valence-corrected chi connectivity index (χ4v) is 184. The fourth-order valence-electron chi connectivity index (χ4n) is 0.757. The summed E-state index contributed by atoms with van der Waals surface area (Å²) in [5.41, 5.74) is 0. The molecule has 0 N–H and O–H groups in total. The summed E-state index contributed by atoms with van der Waals surface area (Å²) in [5, 5.41) is 0. The summed E-state index contributed by atoms with van der Waals surface area (Å²) in [7, 11) is 8.89. The summed E-state index contributed by atoms with van der Waals surface area (Å²) in [6.07, 6.45) is 0. The lowest BCUT2D eigenvalue weighted by atomic mass is 26.1. The van der Waals surface area contributed by atoms with E-state index in [1.165, 1.54) is 0 Å². The van der Waals surface area contributed by atoms with Gasteiger partial charge in [0, 0.05) is 0 Å². The summed E-state index contributed by atoms with van der Waals surface area (Å²) in [4.78, 5) is 0. The maximum absolute atomic E-state index is 1.77. The van der Waals surface area contributed by atoms with Crippen LogP contribution in [0.15, 0.2) is 0 Å². The molecule has 0 spiro atoms. The molecule has 0 radical (unpaired) electrons. The van der Waals surface area contributed by atoms with E-state index < -0.39 is 0 Å². The van der Waals surface area contributed by atoms with E-state index in [4.69, 9.17) is 0 Å². The lowest BCUT2D eigenvalue weighted by molar-refractivity contribution is 3.77. The molecule has 0 aliphatic carbocycles. The molecule has 0 heterocycles. The summed E-state index contributed by atoms with van der Waals surface area (Å²) >= 11 is 0. The summed E-state index contributed by atoms with van der Waals surface area (Å²) in [5.74, 6) is 0. The third-order valence-corrected chi connectivity index (χ3v) is 142. The molecule has 0 aliphatic rings. The van der Waals surface area contributed by atoms with Crippen molar-refractivity contribution in [2.45, 2.75) is 0 Å². The molecule has 0 saturated heterocycles. The molecule has 50 valence electrons. The van der Waals surface area contributed by atoms with Crippen LogP contribution in [0.1, 0.15) is 0 Å². The topological polar surface area (TPSA) is 0 Å². The van der Waals surface area contributed by atoms with E-state index in [0.29, 0.717) is 7.35 Å². The highest BCUT2D eigenvalue weighted by Gasteiger charge is 1.98. The van der Waals surface area contributed by atoms with Gasteiger partial charge in [0.2, 0.25) is 0 Å². The van der Waals surface area contributed by atoms with Gasteiger partial charge >= 0.3 is 0 Å². The third kappa shape index (κ3) is 5.86. The van der Waals surface area contributed by atoms with E-state index in [9.17, 15) is 0 Å². The van der Waals surface area contributed by atoms with Gasteiger partial charge in [-0.05, 0) is 70.8 Å². The first-order chi connectivity index (χ1) is 3.81. The molecule has 0 aromatic rings. The minimum absolute atomic E-state index is 0.398. The predicted molar refractivity (Wildman–Crippen MR) is 71.1 cm³/mol. The molecule has 1 atom stereocenters. The van der Waals surface area contributed by atoms with Gasteiger partial charge in [-0.15, -0.1) is 0 Å². The van der Waals surface area contributed by atoms with Crippen molar-refractivity contribution in [3.8, 4) is 0 Å². The Hall–Kier alpha value is 1.74. The molecule has 0 rings (SSSR count). The minimum Gasteiger partial charge on any atom is -0.0120 e. The predicted octanol–water partition coefficient (Wildman–Crippen LogP) is -7.86. The van der Waals surface area contributed by atoms with Crippen LogP contribution in [0.5, 0.6) is 0 Å². The molecular formula is H18Si8. The first kappa shape index (κ1) is 9.74. The molecule has 8 heavy (non-hydrogen) atoms. The summed E-state index contributed by atoms with van der Waals surface area (Å²) in [6, 6.07) is 0. The van der Waals surface area contributed by atoms with E-state index >= 15 is 0 Å². The SMILES string of the molecule is [SiH3][SiH2][SiH2][SiH2][SiH]([SiH3])[SiH2][SiH3]. The van der Waals surface area contributed by atoms with Gasteiger partial charge in [0.15, 0.2) is 0 Å². The maximum Gasteiger partial charge on any atom is -0.00752 e. The zero-order valence-corrected chi connectivity index (χ0v) is 19.2. The number of rotatable bonds is 4. The Kier molecular flexibility index (Phi) is 8.34. The summed E-state index contributed by atoms with van der Waals surface area (Å²) < 4.78 is 0. The van der Waals surface area contributed by atoms with Crippen molar-refractivity contribution < 1.29 is 0 Å². The molecule has 0 aromatic carbocycles. The van der Waals surface area contributed by atoms with Crippen molar-refractivity contribution in [3.05, 3.63) is 0 Å². The van der Waals surface area contributed by atoms with Gasteiger partial charge in [-0.2, -0.15) is 0 Å². The Balaban J connectivity index is 2.86. The highest BCUT2D eigenvalue weighted by Crippen LogP contribution is 1.61. The first-order valence-electron chi connectivity index (χ1n) is 3.81. The molecule has 0 aliphatic heterocycles. The Morgan fingerprint density at radius 3 is 2.25 bits per heavy atom. The highest BCUT2D eigenvalue weighted by atomic mass is 30.1. The average Bonchev–Trinajstić information content (AvgIpc) is 1.83. The molecule has 0 saturated carbocycles. The van der Waals surface area contributed by atoms with E-state index in [0.717, 1.165) is 34.2 Å². The Morgan fingerprint density at radius 1 is 1.25 bits per heavy atom.